The molecular formula is C18H38N2O3+2. The van der Waals surface area contributed by atoms with Crippen molar-refractivity contribution in [3.8, 4) is 0 Å². The second-order valence-corrected chi connectivity index (χ2v) is 6.37. The average Bonchev–Trinajstić information content (AvgIpc) is 2.58. The van der Waals surface area contributed by atoms with E-state index in [1.165, 1.54) is 0 Å². The highest BCUT2D eigenvalue weighted by atomic mass is 16.6. The quantitative estimate of drug-likeness (QED) is 0.314. The Morgan fingerprint density at radius 2 is 0.870 bits per heavy atom. The number of hydrogen-bond donors (Lipinski definition) is 0. The lowest BCUT2D eigenvalue weighted by Gasteiger charge is -2.35. The van der Waals surface area contributed by atoms with E-state index in [2.05, 4.69) is 41.5 Å². The number of esters is 2. The summed E-state index contributed by atoms with van der Waals surface area (Å²) in [5, 5.41) is 0. The lowest BCUT2D eigenvalue weighted by atomic mass is 10.2. The van der Waals surface area contributed by atoms with Crippen LogP contribution in [0.15, 0.2) is 0 Å². The molecule has 0 atom stereocenters. The van der Waals surface area contributed by atoms with Gasteiger partial charge in [-0.05, 0) is 41.5 Å². The van der Waals surface area contributed by atoms with Crippen LogP contribution in [0.5, 0.6) is 0 Å². The fraction of sp³-hybridized carbons (Fsp3) is 0.889. The number of hydrogen-bond acceptors (Lipinski definition) is 3. The van der Waals surface area contributed by atoms with Crippen molar-refractivity contribution in [3.63, 3.8) is 0 Å². The first-order valence-electron chi connectivity index (χ1n) is 9.30. The summed E-state index contributed by atoms with van der Waals surface area (Å²) in [7, 11) is 0. The Morgan fingerprint density at radius 3 is 1.09 bits per heavy atom. The summed E-state index contributed by atoms with van der Waals surface area (Å²) in [6, 6.07) is 0. The summed E-state index contributed by atoms with van der Waals surface area (Å²) in [4.78, 5) is 23.8. The number of quaternary nitrogens is 2. The van der Waals surface area contributed by atoms with Gasteiger partial charge in [-0.2, -0.15) is 0 Å². The summed E-state index contributed by atoms with van der Waals surface area (Å²) in [6.45, 7) is 20.3. The molecule has 0 saturated carbocycles. The minimum Gasteiger partial charge on any atom is -0.393 e. The third-order valence-electron chi connectivity index (χ3n) is 5.83. The molecule has 0 heterocycles. The van der Waals surface area contributed by atoms with Crippen LogP contribution < -0.4 is 0 Å². The van der Waals surface area contributed by atoms with E-state index in [0.717, 1.165) is 61.3 Å². The maximum atomic E-state index is 11.9. The van der Waals surface area contributed by atoms with Gasteiger partial charge in [0.2, 0.25) is 0 Å². The Kier molecular flexibility index (Phi) is 10.3. The molecule has 0 fully saturated rings. The molecule has 0 aromatic heterocycles. The fourth-order valence-electron chi connectivity index (χ4n) is 3.18. The third kappa shape index (κ3) is 7.00. The van der Waals surface area contributed by atoms with Gasteiger partial charge in [-0.15, -0.1) is 0 Å². The highest BCUT2D eigenvalue weighted by Crippen LogP contribution is 2.10. The molecule has 23 heavy (non-hydrogen) atoms. The van der Waals surface area contributed by atoms with Gasteiger partial charge < -0.3 is 13.7 Å². The zero-order chi connectivity index (χ0) is 17.9. The fourth-order valence-corrected chi connectivity index (χ4v) is 3.18. The molecule has 0 saturated heterocycles. The molecule has 0 unspecified atom stereocenters. The first kappa shape index (κ1) is 22.1. The van der Waals surface area contributed by atoms with Crippen LogP contribution in [0.4, 0.5) is 0 Å². The summed E-state index contributed by atoms with van der Waals surface area (Å²) < 4.78 is 6.80. The molecule has 0 amide bonds. The van der Waals surface area contributed by atoms with Crippen LogP contribution in [0.25, 0.3) is 0 Å². The number of carbonyl (C=O) groups is 2. The number of rotatable bonds is 12. The SMILES string of the molecule is CC[N+](CC)(CC)CCC(=O)OC(=O)CC[N+](CC)(CC)CC. The molecule has 0 N–H and O–H groups in total. The van der Waals surface area contributed by atoms with E-state index in [1.807, 2.05) is 0 Å². The van der Waals surface area contributed by atoms with E-state index in [9.17, 15) is 9.59 Å². The Balaban J connectivity index is 4.33. The Bertz CT molecular complexity index is 311. The molecule has 0 radical (unpaired) electrons. The van der Waals surface area contributed by atoms with Crippen molar-refractivity contribution in [2.24, 2.45) is 0 Å². The summed E-state index contributed by atoms with van der Waals surface area (Å²) in [5.74, 6) is -0.758. The Hall–Kier alpha value is -0.940. The minimum absolute atomic E-state index is 0.316. The topological polar surface area (TPSA) is 43.4 Å². The smallest absolute Gasteiger partial charge is 0.319 e. The van der Waals surface area contributed by atoms with Crippen LogP contribution in [0.3, 0.4) is 0 Å². The second kappa shape index (κ2) is 10.8. The van der Waals surface area contributed by atoms with E-state index < -0.39 is 0 Å². The van der Waals surface area contributed by atoms with Gasteiger partial charge in [0.15, 0.2) is 0 Å². The van der Waals surface area contributed by atoms with Crippen molar-refractivity contribution in [1.82, 2.24) is 0 Å². The van der Waals surface area contributed by atoms with E-state index in [-0.39, 0.29) is 11.9 Å². The maximum absolute atomic E-state index is 11.9. The predicted molar refractivity (Wildman–Crippen MR) is 93.8 cm³/mol. The molecule has 0 aliphatic rings. The van der Waals surface area contributed by atoms with E-state index >= 15 is 0 Å². The molecule has 0 aromatic carbocycles. The highest BCUT2D eigenvalue weighted by Gasteiger charge is 2.25. The van der Waals surface area contributed by atoms with Crippen molar-refractivity contribution >= 4 is 11.9 Å². The number of nitrogens with zero attached hydrogens (tertiary/aromatic N) is 2. The van der Waals surface area contributed by atoms with E-state index in [0.29, 0.717) is 12.8 Å². The van der Waals surface area contributed by atoms with Crippen LogP contribution in [0.2, 0.25) is 0 Å². The van der Waals surface area contributed by atoms with Crippen LogP contribution in [0, 0.1) is 0 Å². The lowest BCUT2D eigenvalue weighted by molar-refractivity contribution is -0.922. The van der Waals surface area contributed by atoms with Gasteiger partial charge in [-0.25, -0.2) is 0 Å². The van der Waals surface area contributed by atoms with Crippen molar-refractivity contribution in [1.29, 1.82) is 0 Å². The van der Waals surface area contributed by atoms with Crippen molar-refractivity contribution in [2.45, 2.75) is 54.4 Å². The largest absolute Gasteiger partial charge is 0.393 e. The Labute approximate surface area is 142 Å². The molecule has 136 valence electrons. The normalized spacial score (nSPS) is 12.3. The number of carbonyl (C=O) groups excluding carboxylic acids is 2. The van der Waals surface area contributed by atoms with Gasteiger partial charge in [0, 0.05) is 0 Å². The van der Waals surface area contributed by atoms with Crippen molar-refractivity contribution in [2.75, 3.05) is 52.4 Å². The van der Waals surface area contributed by atoms with E-state index in [1.54, 1.807) is 0 Å². The molecule has 0 aliphatic carbocycles. The zero-order valence-corrected chi connectivity index (χ0v) is 16.2. The van der Waals surface area contributed by atoms with Gasteiger partial charge in [-0.3, -0.25) is 9.59 Å². The molecule has 0 spiro atoms. The zero-order valence-electron chi connectivity index (χ0n) is 16.2. The summed E-state index contributed by atoms with van der Waals surface area (Å²) in [5.41, 5.74) is 0. The molecule has 5 heteroatoms. The van der Waals surface area contributed by atoms with Crippen LogP contribution >= 0.6 is 0 Å². The Morgan fingerprint density at radius 1 is 0.609 bits per heavy atom. The number of ether oxygens (including phenoxy) is 1. The van der Waals surface area contributed by atoms with Gasteiger partial charge >= 0.3 is 11.9 Å². The first-order valence-corrected chi connectivity index (χ1v) is 9.30. The average molecular weight is 331 g/mol. The highest BCUT2D eigenvalue weighted by molar-refractivity contribution is 5.85. The molecule has 0 aliphatic heterocycles. The second-order valence-electron chi connectivity index (χ2n) is 6.37. The standard InChI is InChI=1S/C18H38N2O3/c1-7-19(8-2,9-3)15-13-17(21)23-18(22)14-16-20(10-4,11-5)12-6/h7-16H2,1-6H3/q+2. The van der Waals surface area contributed by atoms with Gasteiger partial charge in [0.25, 0.3) is 0 Å². The maximum Gasteiger partial charge on any atom is 0.319 e. The van der Waals surface area contributed by atoms with Crippen LogP contribution in [-0.4, -0.2) is 73.3 Å². The lowest BCUT2D eigenvalue weighted by Crippen LogP contribution is -2.49. The van der Waals surface area contributed by atoms with Gasteiger partial charge in [0.1, 0.15) is 0 Å². The van der Waals surface area contributed by atoms with Crippen molar-refractivity contribution < 1.29 is 23.3 Å². The minimum atomic E-state index is -0.379. The molecule has 0 rings (SSSR count). The first-order chi connectivity index (χ1) is 10.9. The van der Waals surface area contributed by atoms with Crippen molar-refractivity contribution in [3.05, 3.63) is 0 Å². The molecule has 0 aromatic rings. The predicted octanol–water partition coefficient (Wildman–Crippen LogP) is 2.59. The van der Waals surface area contributed by atoms with Gasteiger partial charge in [-0.1, -0.05) is 0 Å². The van der Waals surface area contributed by atoms with Crippen LogP contribution in [-0.2, 0) is 14.3 Å². The monoisotopic (exact) mass is 330 g/mol. The van der Waals surface area contributed by atoms with Crippen LogP contribution in [0.1, 0.15) is 54.4 Å². The molecular weight excluding hydrogens is 292 g/mol. The van der Waals surface area contributed by atoms with Gasteiger partial charge in [0.05, 0.1) is 65.2 Å². The summed E-state index contributed by atoms with van der Waals surface area (Å²) >= 11 is 0. The molecule has 5 nitrogen and oxygen atoms in total. The third-order valence-corrected chi connectivity index (χ3v) is 5.83. The van der Waals surface area contributed by atoms with E-state index in [4.69, 9.17) is 4.74 Å². The molecule has 0 bridgehead atoms. The summed E-state index contributed by atoms with van der Waals surface area (Å²) in [6.07, 6.45) is 0.632.